The number of ether oxygens (including phenoxy) is 1. The highest BCUT2D eigenvalue weighted by molar-refractivity contribution is 6.30. The number of hydrogen-bond donors (Lipinski definition) is 0. The van der Waals surface area contributed by atoms with Crippen molar-refractivity contribution in [3.63, 3.8) is 0 Å². The van der Waals surface area contributed by atoms with E-state index < -0.39 is 18.1 Å². The van der Waals surface area contributed by atoms with Crippen LogP contribution in [0.1, 0.15) is 5.56 Å². The van der Waals surface area contributed by atoms with Gasteiger partial charge in [0.25, 0.3) is 5.91 Å². The Morgan fingerprint density at radius 1 is 0.879 bits per heavy atom. The monoisotopic (exact) mass is 460 g/mol. The minimum Gasteiger partial charge on any atom is -0.497 e. The Hall–Kier alpha value is -3.61. The molecule has 0 radical (unpaired) electrons. The minimum absolute atomic E-state index is 0.292. The first kappa shape index (κ1) is 21.2. The van der Waals surface area contributed by atoms with Crippen molar-refractivity contribution in [1.82, 2.24) is 0 Å². The highest BCUT2D eigenvalue weighted by Gasteiger charge is 2.59. The SMILES string of the molecule is COc1ccc(N2C(=O)[C@H]3[C@@H](/C=C\c4ccc(Cl)cc4)N(c4ccccc4)O[C@H]3C2=O)cc1. The first-order valence-electron chi connectivity index (χ1n) is 10.5. The molecule has 33 heavy (non-hydrogen) atoms. The van der Waals surface area contributed by atoms with Crippen LogP contribution in [0.4, 0.5) is 11.4 Å². The molecule has 5 rings (SSSR count). The molecule has 7 heteroatoms. The van der Waals surface area contributed by atoms with Crippen molar-refractivity contribution in [3.8, 4) is 5.75 Å². The van der Waals surface area contributed by atoms with E-state index in [9.17, 15) is 9.59 Å². The zero-order valence-corrected chi connectivity index (χ0v) is 18.6. The molecule has 3 aromatic carbocycles. The molecule has 6 nitrogen and oxygen atoms in total. The van der Waals surface area contributed by atoms with Gasteiger partial charge in [-0.25, -0.2) is 9.96 Å². The number of fused-ring (bicyclic) bond motifs is 1. The van der Waals surface area contributed by atoms with Gasteiger partial charge in [0.2, 0.25) is 5.91 Å². The van der Waals surface area contributed by atoms with E-state index in [-0.39, 0.29) is 11.8 Å². The van der Waals surface area contributed by atoms with Gasteiger partial charge in [-0.05, 0) is 54.1 Å². The van der Waals surface area contributed by atoms with Crippen LogP contribution in [0.5, 0.6) is 5.75 Å². The fourth-order valence-electron chi connectivity index (χ4n) is 4.22. The van der Waals surface area contributed by atoms with Gasteiger partial charge in [-0.15, -0.1) is 0 Å². The molecule has 2 saturated heterocycles. The van der Waals surface area contributed by atoms with Crippen molar-refractivity contribution in [1.29, 1.82) is 0 Å². The molecule has 0 N–H and O–H groups in total. The van der Waals surface area contributed by atoms with E-state index in [4.69, 9.17) is 21.2 Å². The third kappa shape index (κ3) is 3.88. The first-order valence-corrected chi connectivity index (χ1v) is 10.9. The second-order valence-electron chi connectivity index (χ2n) is 7.82. The molecule has 0 bridgehead atoms. The smallest absolute Gasteiger partial charge is 0.266 e. The van der Waals surface area contributed by atoms with E-state index in [2.05, 4.69) is 0 Å². The first-order chi connectivity index (χ1) is 16.1. The Morgan fingerprint density at radius 3 is 2.24 bits per heavy atom. The molecule has 0 saturated carbocycles. The van der Waals surface area contributed by atoms with Gasteiger partial charge >= 0.3 is 0 Å². The van der Waals surface area contributed by atoms with Gasteiger partial charge < -0.3 is 4.74 Å². The van der Waals surface area contributed by atoms with E-state index in [1.165, 1.54) is 4.90 Å². The van der Waals surface area contributed by atoms with Crippen LogP contribution in [0.3, 0.4) is 0 Å². The number of benzene rings is 3. The Kier molecular flexibility index (Phi) is 5.62. The standard InChI is InChI=1S/C26H21ClN2O4/c1-32-21-14-12-19(13-15-21)28-25(30)23-22(16-9-17-7-10-18(27)11-8-17)29(33-24(23)26(28)31)20-5-3-2-4-6-20/h2-16,22-24H,1H3/b16-9-/t22-,23+,24-/m1/s1. The average molecular weight is 461 g/mol. The number of imide groups is 1. The normalized spacial score (nSPS) is 22.3. The third-order valence-corrected chi connectivity index (χ3v) is 6.11. The molecule has 0 aromatic heterocycles. The third-order valence-electron chi connectivity index (χ3n) is 5.86. The average Bonchev–Trinajstić information content (AvgIpc) is 3.35. The zero-order chi connectivity index (χ0) is 22.9. The lowest BCUT2D eigenvalue weighted by molar-refractivity contribution is -0.126. The Bertz CT molecular complexity index is 1200. The van der Waals surface area contributed by atoms with Gasteiger partial charge in [-0.3, -0.25) is 14.4 Å². The highest BCUT2D eigenvalue weighted by atomic mass is 35.5. The van der Waals surface area contributed by atoms with Crippen molar-refractivity contribution in [2.24, 2.45) is 5.92 Å². The largest absolute Gasteiger partial charge is 0.497 e. The zero-order valence-electron chi connectivity index (χ0n) is 17.8. The number of carbonyl (C=O) groups excluding carboxylic acids is 2. The predicted molar refractivity (Wildman–Crippen MR) is 127 cm³/mol. The molecule has 3 aromatic rings. The number of methoxy groups -OCH3 is 1. The van der Waals surface area contributed by atoms with Crippen LogP contribution >= 0.6 is 11.6 Å². The second-order valence-corrected chi connectivity index (χ2v) is 8.26. The quantitative estimate of drug-likeness (QED) is 0.515. The van der Waals surface area contributed by atoms with Crippen molar-refractivity contribution < 1.29 is 19.2 Å². The van der Waals surface area contributed by atoms with Gasteiger partial charge in [0.1, 0.15) is 11.7 Å². The second kappa shape index (κ2) is 8.73. The summed E-state index contributed by atoms with van der Waals surface area (Å²) in [5, 5.41) is 2.30. The molecule has 2 aliphatic rings. The molecule has 166 valence electrons. The number of halogens is 1. The molecule has 0 unspecified atom stereocenters. The summed E-state index contributed by atoms with van der Waals surface area (Å²) in [6.07, 6.45) is 2.92. The lowest BCUT2D eigenvalue weighted by Gasteiger charge is -2.26. The maximum Gasteiger partial charge on any atom is 0.266 e. The van der Waals surface area contributed by atoms with Crippen LogP contribution < -0.4 is 14.7 Å². The topological polar surface area (TPSA) is 59.1 Å². The molecule has 2 aliphatic heterocycles. The number of para-hydroxylation sites is 1. The van der Waals surface area contributed by atoms with Crippen molar-refractivity contribution >= 4 is 40.9 Å². The Morgan fingerprint density at radius 2 is 1.58 bits per heavy atom. The van der Waals surface area contributed by atoms with Gasteiger partial charge in [0.15, 0.2) is 6.10 Å². The van der Waals surface area contributed by atoms with Gasteiger partial charge in [0, 0.05) is 5.02 Å². The van der Waals surface area contributed by atoms with Gasteiger partial charge in [0.05, 0.1) is 24.5 Å². The molecule has 3 atom stereocenters. The fourth-order valence-corrected chi connectivity index (χ4v) is 4.34. The predicted octanol–water partition coefficient (Wildman–Crippen LogP) is 4.74. The summed E-state index contributed by atoms with van der Waals surface area (Å²) in [5.41, 5.74) is 2.20. The Labute approximate surface area is 196 Å². The lowest BCUT2D eigenvalue weighted by Crippen LogP contribution is -2.39. The van der Waals surface area contributed by atoms with Crippen molar-refractivity contribution in [2.75, 3.05) is 17.1 Å². The Balaban J connectivity index is 1.50. The van der Waals surface area contributed by atoms with E-state index >= 15 is 0 Å². The van der Waals surface area contributed by atoms with E-state index in [0.29, 0.717) is 16.5 Å². The van der Waals surface area contributed by atoms with Gasteiger partial charge in [-0.2, -0.15) is 0 Å². The molecule has 2 heterocycles. The van der Waals surface area contributed by atoms with Crippen LogP contribution in [-0.2, 0) is 14.4 Å². The molecule has 2 fully saturated rings. The number of hydroxylamine groups is 1. The van der Waals surface area contributed by atoms with E-state index in [0.717, 1.165) is 11.3 Å². The number of rotatable bonds is 5. The summed E-state index contributed by atoms with van der Waals surface area (Å²) in [5.74, 6) is -0.700. The van der Waals surface area contributed by atoms with Crippen LogP contribution in [0.25, 0.3) is 6.08 Å². The molecule has 2 amide bonds. The molecular formula is C26H21ClN2O4. The number of carbonyl (C=O) groups is 2. The number of amides is 2. The minimum atomic E-state index is -0.903. The van der Waals surface area contributed by atoms with E-state index in [1.54, 1.807) is 48.6 Å². The summed E-state index contributed by atoms with van der Waals surface area (Å²) >= 11 is 6.00. The highest BCUT2D eigenvalue weighted by Crippen LogP contribution is 2.41. The van der Waals surface area contributed by atoms with Crippen molar-refractivity contribution in [2.45, 2.75) is 12.1 Å². The summed E-state index contributed by atoms with van der Waals surface area (Å²) in [6, 6.07) is 23.2. The summed E-state index contributed by atoms with van der Waals surface area (Å²) in [4.78, 5) is 34.1. The number of nitrogens with zero attached hydrogens (tertiary/aromatic N) is 2. The summed E-state index contributed by atoms with van der Waals surface area (Å²) in [7, 11) is 1.56. The van der Waals surface area contributed by atoms with Crippen LogP contribution in [0, 0.1) is 5.92 Å². The van der Waals surface area contributed by atoms with Gasteiger partial charge in [-0.1, -0.05) is 54.1 Å². The molecule has 0 aliphatic carbocycles. The molecule has 0 spiro atoms. The fraction of sp³-hybridized carbons (Fsp3) is 0.154. The maximum atomic E-state index is 13.5. The van der Waals surface area contributed by atoms with E-state index in [1.807, 2.05) is 54.6 Å². The maximum absolute atomic E-state index is 13.5. The van der Waals surface area contributed by atoms with Crippen LogP contribution in [0.15, 0.2) is 84.9 Å². The number of hydrogen-bond acceptors (Lipinski definition) is 5. The summed E-state index contributed by atoms with van der Waals surface area (Å²) in [6.45, 7) is 0. The number of anilines is 2. The van der Waals surface area contributed by atoms with Crippen LogP contribution in [-0.4, -0.2) is 31.1 Å². The lowest BCUT2D eigenvalue weighted by atomic mass is 9.95. The molecular weight excluding hydrogens is 440 g/mol. The van der Waals surface area contributed by atoms with Crippen molar-refractivity contribution in [3.05, 3.63) is 95.5 Å². The van der Waals surface area contributed by atoms with Crippen LogP contribution in [0.2, 0.25) is 5.02 Å². The summed E-state index contributed by atoms with van der Waals surface area (Å²) < 4.78 is 5.18.